The van der Waals surface area contributed by atoms with Crippen LogP contribution in [0.25, 0.3) is 0 Å². The highest BCUT2D eigenvalue weighted by Gasteiger charge is 2.31. The monoisotopic (exact) mass is 213 g/mol. The first-order valence-electron chi connectivity index (χ1n) is 5.79. The van der Waals surface area contributed by atoms with Crippen molar-refractivity contribution in [1.29, 1.82) is 0 Å². The predicted molar refractivity (Wildman–Crippen MR) is 61.6 cm³/mol. The number of hydrogen-bond donors (Lipinski definition) is 1. The number of carbonyl (C=O) groups is 1. The number of hydrogen-bond acceptors (Lipinski definition) is 3. The number of nitrogens with two attached hydrogens (primary N) is 1. The van der Waals surface area contributed by atoms with Gasteiger partial charge in [-0.05, 0) is 33.7 Å². The second kappa shape index (κ2) is 5.47. The van der Waals surface area contributed by atoms with Crippen LogP contribution in [-0.4, -0.2) is 54.5 Å². The quantitative estimate of drug-likeness (QED) is 0.689. The molecule has 1 amide bonds. The van der Waals surface area contributed by atoms with Crippen LogP contribution < -0.4 is 5.73 Å². The number of amides is 1. The van der Waals surface area contributed by atoms with Crippen LogP contribution >= 0.6 is 0 Å². The van der Waals surface area contributed by atoms with Crippen LogP contribution in [-0.2, 0) is 4.79 Å². The molecule has 0 radical (unpaired) electrons. The predicted octanol–water partition coefficient (Wildman–Crippen LogP) is 0.276. The number of rotatable bonds is 6. The van der Waals surface area contributed by atoms with E-state index < -0.39 is 0 Å². The minimum atomic E-state index is 0.239. The second-order valence-corrected chi connectivity index (χ2v) is 4.41. The minimum absolute atomic E-state index is 0.239. The first kappa shape index (κ1) is 12.5. The molecule has 88 valence electrons. The SMILES string of the molecule is CCN(C(=O)CN(C)C(C)CN)C1CC1. The molecule has 4 heteroatoms. The van der Waals surface area contributed by atoms with Crippen molar-refractivity contribution in [2.24, 2.45) is 5.73 Å². The average Bonchev–Trinajstić information content (AvgIpc) is 3.01. The van der Waals surface area contributed by atoms with Gasteiger partial charge in [-0.25, -0.2) is 0 Å². The van der Waals surface area contributed by atoms with E-state index in [0.29, 0.717) is 19.1 Å². The van der Waals surface area contributed by atoms with E-state index in [0.717, 1.165) is 6.54 Å². The Balaban J connectivity index is 2.38. The van der Waals surface area contributed by atoms with E-state index >= 15 is 0 Å². The van der Waals surface area contributed by atoms with Crippen molar-refractivity contribution in [3.8, 4) is 0 Å². The highest BCUT2D eigenvalue weighted by atomic mass is 16.2. The highest BCUT2D eigenvalue weighted by molar-refractivity contribution is 5.78. The lowest BCUT2D eigenvalue weighted by Crippen LogP contribution is -2.44. The molecule has 0 spiro atoms. The van der Waals surface area contributed by atoms with Crippen molar-refractivity contribution in [3.05, 3.63) is 0 Å². The van der Waals surface area contributed by atoms with Gasteiger partial charge in [0, 0.05) is 25.2 Å². The molecule has 15 heavy (non-hydrogen) atoms. The van der Waals surface area contributed by atoms with Crippen LogP contribution in [0.1, 0.15) is 26.7 Å². The molecule has 0 saturated heterocycles. The average molecular weight is 213 g/mol. The lowest BCUT2D eigenvalue weighted by molar-refractivity contribution is -0.132. The Morgan fingerprint density at radius 1 is 1.53 bits per heavy atom. The Morgan fingerprint density at radius 2 is 2.13 bits per heavy atom. The van der Waals surface area contributed by atoms with Gasteiger partial charge in [0.15, 0.2) is 0 Å². The molecule has 0 bridgehead atoms. The zero-order valence-corrected chi connectivity index (χ0v) is 10.1. The first-order valence-corrected chi connectivity index (χ1v) is 5.79. The smallest absolute Gasteiger partial charge is 0.236 e. The van der Waals surface area contributed by atoms with Gasteiger partial charge >= 0.3 is 0 Å². The molecule has 0 aromatic heterocycles. The Morgan fingerprint density at radius 3 is 2.53 bits per heavy atom. The molecule has 2 N–H and O–H groups in total. The summed E-state index contributed by atoms with van der Waals surface area (Å²) >= 11 is 0. The standard InChI is InChI=1S/C11H23N3O/c1-4-14(10-5-6-10)11(15)8-13(3)9(2)7-12/h9-10H,4-8,12H2,1-3H3. The molecule has 1 unspecified atom stereocenters. The lowest BCUT2D eigenvalue weighted by atomic mass is 10.3. The molecule has 0 aromatic carbocycles. The summed E-state index contributed by atoms with van der Waals surface area (Å²) in [5.74, 6) is 0.239. The van der Waals surface area contributed by atoms with Crippen molar-refractivity contribution in [2.75, 3.05) is 26.7 Å². The van der Waals surface area contributed by atoms with E-state index in [1.165, 1.54) is 12.8 Å². The van der Waals surface area contributed by atoms with Gasteiger partial charge in [-0.2, -0.15) is 0 Å². The number of carbonyl (C=O) groups excluding carboxylic acids is 1. The van der Waals surface area contributed by atoms with E-state index in [-0.39, 0.29) is 11.9 Å². The highest BCUT2D eigenvalue weighted by Crippen LogP contribution is 2.26. The van der Waals surface area contributed by atoms with Crippen LogP contribution in [0.4, 0.5) is 0 Å². The van der Waals surface area contributed by atoms with Crippen molar-refractivity contribution in [2.45, 2.75) is 38.8 Å². The molecule has 1 aliphatic rings. The van der Waals surface area contributed by atoms with E-state index in [9.17, 15) is 4.79 Å². The molecule has 1 rings (SSSR count). The van der Waals surface area contributed by atoms with Gasteiger partial charge in [0.1, 0.15) is 0 Å². The van der Waals surface area contributed by atoms with E-state index in [4.69, 9.17) is 5.73 Å². The van der Waals surface area contributed by atoms with Crippen molar-refractivity contribution in [3.63, 3.8) is 0 Å². The Hall–Kier alpha value is -0.610. The fraction of sp³-hybridized carbons (Fsp3) is 0.909. The fourth-order valence-corrected chi connectivity index (χ4v) is 1.66. The molecule has 0 aliphatic heterocycles. The third-order valence-electron chi connectivity index (χ3n) is 3.13. The molecular formula is C11H23N3O. The van der Waals surface area contributed by atoms with Gasteiger partial charge in [0.05, 0.1) is 6.54 Å². The zero-order valence-electron chi connectivity index (χ0n) is 10.1. The summed E-state index contributed by atoms with van der Waals surface area (Å²) < 4.78 is 0. The Kier molecular flexibility index (Phi) is 4.54. The number of nitrogens with zero attached hydrogens (tertiary/aromatic N) is 2. The summed E-state index contributed by atoms with van der Waals surface area (Å²) in [6, 6.07) is 0.788. The first-order chi connectivity index (χ1) is 7.10. The summed E-state index contributed by atoms with van der Waals surface area (Å²) in [4.78, 5) is 15.9. The van der Waals surface area contributed by atoms with Crippen molar-refractivity contribution >= 4 is 5.91 Å². The van der Waals surface area contributed by atoms with Gasteiger partial charge in [0.2, 0.25) is 5.91 Å². The molecule has 0 aromatic rings. The lowest BCUT2D eigenvalue weighted by Gasteiger charge is -2.27. The van der Waals surface area contributed by atoms with Crippen molar-refractivity contribution < 1.29 is 4.79 Å². The summed E-state index contributed by atoms with van der Waals surface area (Å²) in [5, 5.41) is 0. The van der Waals surface area contributed by atoms with Crippen LogP contribution in [0.3, 0.4) is 0 Å². The summed E-state index contributed by atoms with van der Waals surface area (Å²) in [7, 11) is 1.95. The molecule has 1 fully saturated rings. The van der Waals surface area contributed by atoms with Gasteiger partial charge in [-0.3, -0.25) is 9.69 Å². The van der Waals surface area contributed by atoms with Crippen LogP contribution in [0.2, 0.25) is 0 Å². The topological polar surface area (TPSA) is 49.6 Å². The van der Waals surface area contributed by atoms with E-state index in [2.05, 4.69) is 0 Å². The summed E-state index contributed by atoms with van der Waals surface area (Å²) in [6.07, 6.45) is 2.35. The molecule has 1 atom stereocenters. The Labute approximate surface area is 92.4 Å². The van der Waals surface area contributed by atoms with Gasteiger partial charge < -0.3 is 10.6 Å². The maximum atomic E-state index is 11.9. The molecule has 4 nitrogen and oxygen atoms in total. The third-order valence-corrected chi connectivity index (χ3v) is 3.13. The maximum Gasteiger partial charge on any atom is 0.236 e. The second-order valence-electron chi connectivity index (χ2n) is 4.41. The van der Waals surface area contributed by atoms with Crippen LogP contribution in [0, 0.1) is 0 Å². The van der Waals surface area contributed by atoms with E-state index in [1.807, 2.05) is 30.7 Å². The van der Waals surface area contributed by atoms with Gasteiger partial charge in [-0.15, -0.1) is 0 Å². The van der Waals surface area contributed by atoms with Gasteiger partial charge in [-0.1, -0.05) is 0 Å². The molecule has 1 saturated carbocycles. The molecule has 1 aliphatic carbocycles. The number of likely N-dealkylation sites (N-methyl/N-ethyl adjacent to an activating group) is 2. The maximum absolute atomic E-state index is 11.9. The normalized spacial score (nSPS) is 17.9. The minimum Gasteiger partial charge on any atom is -0.339 e. The Bertz CT molecular complexity index is 216. The largest absolute Gasteiger partial charge is 0.339 e. The fourth-order valence-electron chi connectivity index (χ4n) is 1.66. The van der Waals surface area contributed by atoms with Crippen LogP contribution in [0.15, 0.2) is 0 Å². The summed E-state index contributed by atoms with van der Waals surface area (Å²) in [5.41, 5.74) is 5.56. The van der Waals surface area contributed by atoms with Gasteiger partial charge in [0.25, 0.3) is 0 Å². The van der Waals surface area contributed by atoms with Crippen molar-refractivity contribution in [1.82, 2.24) is 9.80 Å². The summed E-state index contributed by atoms with van der Waals surface area (Å²) in [6.45, 7) is 6.00. The van der Waals surface area contributed by atoms with E-state index in [1.54, 1.807) is 0 Å². The third kappa shape index (κ3) is 3.47. The van der Waals surface area contributed by atoms with Crippen LogP contribution in [0.5, 0.6) is 0 Å². The zero-order chi connectivity index (χ0) is 11.4. The molecule has 0 heterocycles. The molecular weight excluding hydrogens is 190 g/mol.